The molecule has 2 aromatic rings. The molecule has 1 unspecified atom stereocenters. The van der Waals surface area contributed by atoms with Gasteiger partial charge in [0.2, 0.25) is 0 Å². The Morgan fingerprint density at radius 2 is 2.10 bits per heavy atom. The van der Waals surface area contributed by atoms with Crippen LogP contribution in [0.25, 0.3) is 0 Å². The Morgan fingerprint density at radius 3 is 2.76 bits per heavy atom. The van der Waals surface area contributed by atoms with E-state index >= 15 is 0 Å². The van der Waals surface area contributed by atoms with Crippen LogP contribution in [0.5, 0.6) is 5.75 Å². The van der Waals surface area contributed by atoms with E-state index in [1.165, 1.54) is 14.7 Å². The number of nitrogens with one attached hydrogen (secondary N) is 1. The molecule has 112 valence electrons. The lowest BCUT2D eigenvalue weighted by Gasteiger charge is -2.20. The van der Waals surface area contributed by atoms with E-state index in [0.29, 0.717) is 0 Å². The van der Waals surface area contributed by atoms with Crippen molar-refractivity contribution < 1.29 is 4.74 Å². The highest BCUT2D eigenvalue weighted by atomic mass is 127. The maximum absolute atomic E-state index is 5.80. The number of aryl methyl sites for hydroxylation is 1. The van der Waals surface area contributed by atoms with E-state index in [1.807, 2.05) is 12.1 Å². The van der Waals surface area contributed by atoms with E-state index in [9.17, 15) is 0 Å². The third-order valence-electron chi connectivity index (χ3n) is 3.46. The molecule has 0 heterocycles. The monoisotopic (exact) mass is 460 g/mol. The van der Waals surface area contributed by atoms with E-state index in [0.717, 1.165) is 22.2 Å². The zero-order valence-electron chi connectivity index (χ0n) is 12.0. The predicted octanol–water partition coefficient (Wildman–Crippen LogP) is 4.12. The second-order valence-corrected chi connectivity index (χ2v) is 6.85. The van der Waals surface area contributed by atoms with Gasteiger partial charge in [0.1, 0.15) is 5.75 Å². The van der Waals surface area contributed by atoms with Crippen LogP contribution >= 0.6 is 38.5 Å². The summed E-state index contributed by atoms with van der Waals surface area (Å²) in [4.78, 5) is 0. The molecule has 3 N–H and O–H groups in total. The lowest BCUT2D eigenvalue weighted by Crippen LogP contribution is -2.30. The largest absolute Gasteiger partial charge is 0.496 e. The van der Waals surface area contributed by atoms with Crippen molar-refractivity contribution in [1.82, 2.24) is 5.43 Å². The molecule has 0 fully saturated rings. The standard InChI is InChI=1S/C16H18BrIN2O/c1-10-4-3-5-13(16(10)18)14(20-19)9-11-8-12(17)6-7-15(11)21-2/h3-8,14,20H,9,19H2,1-2H3. The molecular weight excluding hydrogens is 443 g/mol. The molecule has 0 saturated heterocycles. The molecule has 3 nitrogen and oxygen atoms in total. The zero-order valence-corrected chi connectivity index (χ0v) is 15.7. The number of rotatable bonds is 5. The first kappa shape index (κ1) is 16.7. The van der Waals surface area contributed by atoms with Crippen LogP contribution in [0.2, 0.25) is 0 Å². The lowest BCUT2D eigenvalue weighted by molar-refractivity contribution is 0.405. The summed E-state index contributed by atoms with van der Waals surface area (Å²) in [7, 11) is 1.69. The van der Waals surface area contributed by atoms with E-state index < -0.39 is 0 Å². The summed E-state index contributed by atoms with van der Waals surface area (Å²) in [5.41, 5.74) is 6.52. The van der Waals surface area contributed by atoms with Crippen molar-refractivity contribution in [2.45, 2.75) is 19.4 Å². The van der Waals surface area contributed by atoms with Gasteiger partial charge >= 0.3 is 0 Å². The number of methoxy groups -OCH3 is 1. The normalized spacial score (nSPS) is 12.2. The molecule has 0 spiro atoms. The molecule has 1 atom stereocenters. The summed E-state index contributed by atoms with van der Waals surface area (Å²) in [6, 6.07) is 12.3. The Morgan fingerprint density at radius 1 is 1.33 bits per heavy atom. The van der Waals surface area contributed by atoms with Gasteiger partial charge in [-0.25, -0.2) is 0 Å². The molecule has 0 aliphatic carbocycles. The second kappa shape index (κ2) is 7.58. The van der Waals surface area contributed by atoms with Crippen molar-refractivity contribution >= 4 is 38.5 Å². The van der Waals surface area contributed by atoms with E-state index in [4.69, 9.17) is 10.6 Å². The van der Waals surface area contributed by atoms with Gasteiger partial charge in [-0.1, -0.05) is 34.1 Å². The van der Waals surface area contributed by atoms with Gasteiger partial charge in [0.05, 0.1) is 13.2 Å². The van der Waals surface area contributed by atoms with Gasteiger partial charge in [0.15, 0.2) is 0 Å². The average Bonchev–Trinajstić information content (AvgIpc) is 2.48. The zero-order chi connectivity index (χ0) is 15.4. The molecule has 0 amide bonds. The summed E-state index contributed by atoms with van der Waals surface area (Å²) in [5.74, 6) is 6.67. The second-order valence-electron chi connectivity index (χ2n) is 4.86. The highest BCUT2D eigenvalue weighted by molar-refractivity contribution is 14.1. The first-order valence-corrected chi connectivity index (χ1v) is 8.47. The number of hydrogen-bond acceptors (Lipinski definition) is 3. The van der Waals surface area contributed by atoms with Crippen LogP contribution in [-0.4, -0.2) is 7.11 Å². The van der Waals surface area contributed by atoms with Gasteiger partial charge in [-0.15, -0.1) is 0 Å². The Balaban J connectivity index is 2.35. The van der Waals surface area contributed by atoms with E-state index in [2.05, 4.69) is 75.1 Å². The number of nitrogens with two attached hydrogens (primary N) is 1. The minimum absolute atomic E-state index is 0.0417. The molecule has 0 aliphatic rings. The lowest BCUT2D eigenvalue weighted by atomic mass is 9.97. The van der Waals surface area contributed by atoms with Crippen molar-refractivity contribution in [3.63, 3.8) is 0 Å². The molecule has 0 saturated carbocycles. The quantitative estimate of drug-likeness (QED) is 0.401. The fraction of sp³-hybridized carbons (Fsp3) is 0.250. The Bertz CT molecular complexity index is 634. The highest BCUT2D eigenvalue weighted by Crippen LogP contribution is 2.30. The molecular formula is C16H18BrIN2O. The molecule has 0 aliphatic heterocycles. The Hall–Kier alpha value is -0.630. The van der Waals surface area contributed by atoms with Crippen LogP contribution in [0.1, 0.15) is 22.7 Å². The molecule has 2 rings (SSSR count). The average molecular weight is 461 g/mol. The Labute approximate surface area is 147 Å². The van der Waals surface area contributed by atoms with Crippen molar-refractivity contribution in [2.24, 2.45) is 5.84 Å². The van der Waals surface area contributed by atoms with Crippen molar-refractivity contribution in [2.75, 3.05) is 7.11 Å². The molecule has 21 heavy (non-hydrogen) atoms. The van der Waals surface area contributed by atoms with Gasteiger partial charge < -0.3 is 4.74 Å². The number of halogens is 2. The summed E-state index contributed by atoms with van der Waals surface area (Å²) < 4.78 is 7.72. The Kier molecular flexibility index (Phi) is 6.04. The minimum atomic E-state index is 0.0417. The van der Waals surface area contributed by atoms with E-state index in [1.54, 1.807) is 7.11 Å². The number of ether oxygens (including phenoxy) is 1. The van der Waals surface area contributed by atoms with Crippen molar-refractivity contribution in [1.29, 1.82) is 0 Å². The number of benzene rings is 2. The van der Waals surface area contributed by atoms with Crippen molar-refractivity contribution in [3.8, 4) is 5.75 Å². The SMILES string of the molecule is COc1ccc(Br)cc1CC(NN)c1cccc(C)c1I. The third kappa shape index (κ3) is 3.97. The van der Waals surface area contributed by atoms with Gasteiger partial charge in [0.25, 0.3) is 0 Å². The number of hydrazine groups is 1. The van der Waals surface area contributed by atoms with Crippen LogP contribution in [0, 0.1) is 10.5 Å². The van der Waals surface area contributed by atoms with Gasteiger partial charge in [-0.2, -0.15) is 0 Å². The first-order chi connectivity index (χ1) is 10.1. The molecule has 0 aromatic heterocycles. The number of hydrogen-bond donors (Lipinski definition) is 2. The maximum Gasteiger partial charge on any atom is 0.122 e. The first-order valence-electron chi connectivity index (χ1n) is 6.60. The van der Waals surface area contributed by atoms with Gasteiger partial charge in [-0.3, -0.25) is 11.3 Å². The molecule has 5 heteroatoms. The van der Waals surface area contributed by atoms with Gasteiger partial charge in [-0.05, 0) is 70.8 Å². The topological polar surface area (TPSA) is 47.3 Å². The maximum atomic E-state index is 5.80. The fourth-order valence-corrected chi connectivity index (χ4v) is 3.47. The van der Waals surface area contributed by atoms with Crippen molar-refractivity contribution in [3.05, 3.63) is 61.1 Å². The summed E-state index contributed by atoms with van der Waals surface area (Å²) >= 11 is 5.89. The van der Waals surface area contributed by atoms with Crippen LogP contribution < -0.4 is 16.0 Å². The van der Waals surface area contributed by atoms with Gasteiger partial charge in [0, 0.05) is 8.04 Å². The van der Waals surface area contributed by atoms with Crippen LogP contribution in [0.4, 0.5) is 0 Å². The fourth-order valence-electron chi connectivity index (χ4n) is 2.32. The smallest absolute Gasteiger partial charge is 0.122 e. The van der Waals surface area contributed by atoms with E-state index in [-0.39, 0.29) is 6.04 Å². The van der Waals surface area contributed by atoms with Crippen LogP contribution in [0.15, 0.2) is 40.9 Å². The molecule has 0 bridgehead atoms. The highest BCUT2D eigenvalue weighted by Gasteiger charge is 2.17. The molecule has 0 radical (unpaired) electrons. The molecule has 2 aromatic carbocycles. The van der Waals surface area contributed by atoms with Crippen LogP contribution in [-0.2, 0) is 6.42 Å². The minimum Gasteiger partial charge on any atom is -0.496 e. The van der Waals surface area contributed by atoms with Crippen LogP contribution in [0.3, 0.4) is 0 Å². The summed E-state index contributed by atoms with van der Waals surface area (Å²) in [6.07, 6.45) is 0.762. The summed E-state index contributed by atoms with van der Waals surface area (Å²) in [6.45, 7) is 2.11. The summed E-state index contributed by atoms with van der Waals surface area (Å²) in [5, 5.41) is 0. The predicted molar refractivity (Wildman–Crippen MR) is 98.4 cm³/mol. The third-order valence-corrected chi connectivity index (χ3v) is 5.43.